The van der Waals surface area contributed by atoms with Crippen LogP contribution in [0.1, 0.15) is 41.3 Å². The molecule has 0 spiro atoms. The van der Waals surface area contributed by atoms with Gasteiger partial charge in [-0.05, 0) is 19.8 Å². The monoisotopic (exact) mass is 284 g/mol. The van der Waals surface area contributed by atoms with Gasteiger partial charge in [0.25, 0.3) is 0 Å². The first kappa shape index (κ1) is 14.0. The fourth-order valence-corrected chi connectivity index (χ4v) is 2.74. The first-order valence-corrected chi connectivity index (χ1v) is 7.02. The van der Waals surface area contributed by atoms with E-state index in [1.165, 1.54) is 16.7 Å². The molecule has 2 N–H and O–H groups in total. The van der Waals surface area contributed by atoms with Gasteiger partial charge < -0.3 is 15.2 Å². The molecular weight excluding hydrogens is 268 g/mol. The average molecular weight is 284 g/mol. The zero-order valence-electron chi connectivity index (χ0n) is 10.6. The molecule has 104 valence electrons. The quantitative estimate of drug-likeness (QED) is 0.873. The van der Waals surface area contributed by atoms with E-state index in [4.69, 9.17) is 9.84 Å². The van der Waals surface area contributed by atoms with Crippen molar-refractivity contribution in [3.05, 3.63) is 16.1 Å². The van der Waals surface area contributed by atoms with E-state index in [1.807, 2.05) is 6.92 Å². The second-order valence-electron chi connectivity index (χ2n) is 4.49. The van der Waals surface area contributed by atoms with E-state index in [0.29, 0.717) is 18.2 Å². The van der Waals surface area contributed by atoms with Gasteiger partial charge in [0.15, 0.2) is 5.69 Å². The molecule has 6 nitrogen and oxygen atoms in total. The van der Waals surface area contributed by atoms with Gasteiger partial charge in [0, 0.05) is 24.5 Å². The second-order valence-corrected chi connectivity index (χ2v) is 5.38. The molecule has 0 aromatic carbocycles. The van der Waals surface area contributed by atoms with Gasteiger partial charge in [0.05, 0.1) is 6.04 Å². The third-order valence-corrected chi connectivity index (χ3v) is 4.09. The molecule has 1 amide bonds. The summed E-state index contributed by atoms with van der Waals surface area (Å²) in [4.78, 5) is 26.8. The first-order valence-electron chi connectivity index (χ1n) is 6.14. The standard InChI is InChI=1S/C12H16N2O4S/c1-7(11-14-9(6-19-11)12(16)17)13-10(15)8-2-4-18-5-3-8/h6-8H,2-5H2,1H3,(H,13,15)(H,16,17). The van der Waals surface area contributed by atoms with Crippen molar-refractivity contribution >= 4 is 23.2 Å². The predicted octanol–water partition coefficient (Wildman–Crippen LogP) is 1.45. The molecule has 1 aromatic heterocycles. The Kier molecular flexibility index (Phi) is 4.49. The van der Waals surface area contributed by atoms with Crippen LogP contribution in [0.3, 0.4) is 0 Å². The van der Waals surface area contributed by atoms with Crippen molar-refractivity contribution in [1.29, 1.82) is 0 Å². The maximum absolute atomic E-state index is 12.0. The number of carbonyl (C=O) groups is 2. The highest BCUT2D eigenvalue weighted by atomic mass is 32.1. The van der Waals surface area contributed by atoms with Gasteiger partial charge in [-0.15, -0.1) is 11.3 Å². The van der Waals surface area contributed by atoms with Crippen LogP contribution in [0.15, 0.2) is 5.38 Å². The number of aromatic carboxylic acids is 1. The van der Waals surface area contributed by atoms with Crippen LogP contribution in [0, 0.1) is 5.92 Å². The fraction of sp³-hybridized carbons (Fsp3) is 0.583. The van der Waals surface area contributed by atoms with Crippen LogP contribution in [0.2, 0.25) is 0 Å². The van der Waals surface area contributed by atoms with Gasteiger partial charge in [-0.1, -0.05) is 0 Å². The maximum Gasteiger partial charge on any atom is 0.355 e. The van der Waals surface area contributed by atoms with E-state index in [2.05, 4.69) is 10.3 Å². The number of amides is 1. The van der Waals surface area contributed by atoms with Crippen molar-refractivity contribution in [2.75, 3.05) is 13.2 Å². The summed E-state index contributed by atoms with van der Waals surface area (Å²) in [5.41, 5.74) is 0.0205. The molecule has 1 unspecified atom stereocenters. The van der Waals surface area contributed by atoms with Crippen LogP contribution < -0.4 is 5.32 Å². The minimum atomic E-state index is -1.05. The maximum atomic E-state index is 12.0. The molecule has 1 aliphatic rings. The van der Waals surface area contributed by atoms with Crippen molar-refractivity contribution in [2.24, 2.45) is 5.92 Å². The summed E-state index contributed by atoms with van der Waals surface area (Å²) in [5, 5.41) is 13.8. The number of thiazole rings is 1. The number of carboxylic acid groups (broad SMARTS) is 1. The summed E-state index contributed by atoms with van der Waals surface area (Å²) in [7, 11) is 0. The molecule has 7 heteroatoms. The van der Waals surface area contributed by atoms with Crippen LogP contribution >= 0.6 is 11.3 Å². The number of nitrogens with one attached hydrogen (secondary N) is 1. The van der Waals surface area contributed by atoms with Crippen LogP contribution in [0.4, 0.5) is 0 Å². The van der Waals surface area contributed by atoms with E-state index in [-0.39, 0.29) is 23.6 Å². The van der Waals surface area contributed by atoms with E-state index in [0.717, 1.165) is 12.8 Å². The van der Waals surface area contributed by atoms with Gasteiger partial charge in [-0.3, -0.25) is 4.79 Å². The molecule has 0 aliphatic carbocycles. The van der Waals surface area contributed by atoms with Gasteiger partial charge >= 0.3 is 5.97 Å². The van der Waals surface area contributed by atoms with Crippen molar-refractivity contribution in [2.45, 2.75) is 25.8 Å². The molecule has 1 aliphatic heterocycles. The normalized spacial score (nSPS) is 17.9. The molecule has 0 radical (unpaired) electrons. The lowest BCUT2D eigenvalue weighted by atomic mass is 9.99. The Hall–Kier alpha value is -1.47. The largest absolute Gasteiger partial charge is 0.476 e. The van der Waals surface area contributed by atoms with Crippen molar-refractivity contribution in [3.8, 4) is 0 Å². The molecule has 2 heterocycles. The molecular formula is C12H16N2O4S. The topological polar surface area (TPSA) is 88.5 Å². The summed E-state index contributed by atoms with van der Waals surface area (Å²) in [6.45, 7) is 3.04. The SMILES string of the molecule is CC(NC(=O)C1CCOCC1)c1nc(C(=O)O)cs1. The molecule has 1 aromatic rings. The number of carbonyl (C=O) groups excluding carboxylic acids is 1. The highest BCUT2D eigenvalue weighted by molar-refractivity contribution is 7.09. The predicted molar refractivity (Wildman–Crippen MR) is 69.2 cm³/mol. The zero-order chi connectivity index (χ0) is 13.8. The fourth-order valence-electron chi connectivity index (χ4n) is 1.94. The summed E-state index contributed by atoms with van der Waals surface area (Å²) in [6, 6.07) is -0.270. The molecule has 1 saturated heterocycles. The Morgan fingerprint density at radius 1 is 1.53 bits per heavy atom. The van der Waals surface area contributed by atoms with Gasteiger partial charge in [-0.25, -0.2) is 9.78 Å². The highest BCUT2D eigenvalue weighted by Gasteiger charge is 2.24. The number of hydrogen-bond acceptors (Lipinski definition) is 5. The molecule has 1 atom stereocenters. The van der Waals surface area contributed by atoms with Gasteiger partial charge in [0.1, 0.15) is 5.01 Å². The Labute approximate surface area is 114 Å². The van der Waals surface area contributed by atoms with E-state index >= 15 is 0 Å². The lowest BCUT2D eigenvalue weighted by Crippen LogP contribution is -2.35. The average Bonchev–Trinajstić information content (AvgIpc) is 2.89. The van der Waals surface area contributed by atoms with Gasteiger partial charge in [0.2, 0.25) is 5.91 Å². The van der Waals surface area contributed by atoms with Crippen molar-refractivity contribution in [3.63, 3.8) is 0 Å². The van der Waals surface area contributed by atoms with E-state index < -0.39 is 5.97 Å². The van der Waals surface area contributed by atoms with Crippen molar-refractivity contribution in [1.82, 2.24) is 10.3 Å². The molecule has 0 bridgehead atoms. The Morgan fingerprint density at radius 3 is 2.79 bits per heavy atom. The Balaban J connectivity index is 1.93. The zero-order valence-corrected chi connectivity index (χ0v) is 11.4. The minimum Gasteiger partial charge on any atom is -0.476 e. The number of hydrogen-bond donors (Lipinski definition) is 2. The Morgan fingerprint density at radius 2 is 2.21 bits per heavy atom. The summed E-state index contributed by atoms with van der Waals surface area (Å²) in [5.74, 6) is -1.08. The van der Waals surface area contributed by atoms with Crippen LogP contribution in [0.25, 0.3) is 0 Å². The van der Waals surface area contributed by atoms with Gasteiger partial charge in [-0.2, -0.15) is 0 Å². The number of nitrogens with zero attached hydrogens (tertiary/aromatic N) is 1. The van der Waals surface area contributed by atoms with E-state index in [9.17, 15) is 9.59 Å². The summed E-state index contributed by atoms with van der Waals surface area (Å²) >= 11 is 1.24. The van der Waals surface area contributed by atoms with Crippen LogP contribution in [-0.2, 0) is 9.53 Å². The Bertz CT molecular complexity index is 468. The van der Waals surface area contributed by atoms with Crippen molar-refractivity contribution < 1.29 is 19.4 Å². The van der Waals surface area contributed by atoms with E-state index in [1.54, 1.807) is 0 Å². The summed E-state index contributed by atoms with van der Waals surface area (Å²) in [6.07, 6.45) is 1.47. The summed E-state index contributed by atoms with van der Waals surface area (Å²) < 4.78 is 5.21. The molecule has 19 heavy (non-hydrogen) atoms. The van der Waals surface area contributed by atoms with Crippen LogP contribution in [-0.4, -0.2) is 35.2 Å². The number of carboxylic acids is 1. The highest BCUT2D eigenvalue weighted by Crippen LogP contribution is 2.20. The second kappa shape index (κ2) is 6.12. The number of aromatic nitrogens is 1. The lowest BCUT2D eigenvalue weighted by molar-refractivity contribution is -0.128. The smallest absolute Gasteiger partial charge is 0.355 e. The number of ether oxygens (including phenoxy) is 1. The first-order chi connectivity index (χ1) is 9.08. The number of rotatable bonds is 4. The lowest BCUT2D eigenvalue weighted by Gasteiger charge is -2.22. The molecule has 0 saturated carbocycles. The van der Waals surface area contributed by atoms with Crippen LogP contribution in [0.5, 0.6) is 0 Å². The third-order valence-electron chi connectivity index (χ3n) is 3.06. The minimum absolute atomic E-state index is 0.0112. The molecule has 1 fully saturated rings. The third kappa shape index (κ3) is 3.51. The molecule has 2 rings (SSSR count).